The molecule has 16 heteroatoms. The van der Waals surface area contributed by atoms with Crippen LogP contribution in [0.2, 0.25) is 0 Å². The number of aliphatic hydroxyl groups is 1. The minimum Gasteiger partial charge on any atom is -0.469 e. The molecule has 4 heterocycles. The second kappa shape index (κ2) is 11.3. The van der Waals surface area contributed by atoms with Crippen molar-refractivity contribution in [2.45, 2.75) is 147 Å². The highest BCUT2D eigenvalue weighted by atomic mass is 16.9. The largest absolute Gasteiger partial charge is 0.469 e. The summed E-state index contributed by atoms with van der Waals surface area (Å²) in [6.07, 6.45) is -4.53. The minimum atomic E-state index is -2.34. The number of carbonyl (C=O) groups is 6. The van der Waals surface area contributed by atoms with Crippen molar-refractivity contribution in [2.24, 2.45) is 39.9 Å². The fourth-order valence-electron chi connectivity index (χ4n) is 13.0. The number of fused-ring (bicyclic) bond motifs is 3. The number of esters is 6. The lowest BCUT2D eigenvalue weighted by molar-refractivity contribution is -0.478. The van der Waals surface area contributed by atoms with Crippen molar-refractivity contribution in [1.29, 1.82) is 0 Å². The molecule has 7 fully saturated rings. The first-order valence-corrected chi connectivity index (χ1v) is 19.1. The molecular weight excluding hydrogens is 724 g/mol. The molecule has 3 saturated heterocycles. The Morgan fingerprint density at radius 2 is 1.47 bits per heavy atom. The number of hydrogen-bond acceptors (Lipinski definition) is 16. The number of methoxy groups -OCH3 is 1. The van der Waals surface area contributed by atoms with Gasteiger partial charge in [-0.05, 0) is 25.2 Å². The first-order chi connectivity index (χ1) is 25.5. The molecule has 8 rings (SSSR count). The van der Waals surface area contributed by atoms with Crippen LogP contribution < -0.4 is 0 Å². The molecule has 4 aliphatic heterocycles. The third-order valence-corrected chi connectivity index (χ3v) is 14.8. The molecule has 4 aliphatic carbocycles. The van der Waals surface area contributed by atoms with E-state index in [2.05, 4.69) is 0 Å². The van der Waals surface area contributed by atoms with Gasteiger partial charge in [-0.3, -0.25) is 24.0 Å². The molecule has 2 spiro atoms. The smallest absolute Gasteiger partial charge is 0.341 e. The van der Waals surface area contributed by atoms with Gasteiger partial charge in [0.25, 0.3) is 12.3 Å². The van der Waals surface area contributed by atoms with E-state index >= 15 is 0 Å². The quantitative estimate of drug-likeness (QED) is 0.278. The second-order valence-electron chi connectivity index (χ2n) is 18.2. The monoisotopic (exact) mass is 774 g/mol. The van der Waals surface area contributed by atoms with E-state index < -0.39 is 129 Å². The second-order valence-corrected chi connectivity index (χ2v) is 18.2. The van der Waals surface area contributed by atoms with Crippen LogP contribution in [0, 0.1) is 39.9 Å². The lowest BCUT2D eigenvalue weighted by Gasteiger charge is -2.77. The summed E-state index contributed by atoms with van der Waals surface area (Å²) >= 11 is 0. The van der Waals surface area contributed by atoms with Crippen LogP contribution in [-0.2, 0) is 71.4 Å². The molecule has 55 heavy (non-hydrogen) atoms. The van der Waals surface area contributed by atoms with Crippen molar-refractivity contribution in [2.75, 3.05) is 7.11 Å². The van der Waals surface area contributed by atoms with Gasteiger partial charge in [0, 0.05) is 48.5 Å². The maximum atomic E-state index is 14.0. The van der Waals surface area contributed by atoms with Gasteiger partial charge >= 0.3 is 35.8 Å². The first-order valence-electron chi connectivity index (χ1n) is 19.1. The Balaban J connectivity index is 1.41. The summed E-state index contributed by atoms with van der Waals surface area (Å²) in [6.45, 7) is 14.8. The van der Waals surface area contributed by atoms with Crippen molar-refractivity contribution in [1.82, 2.24) is 0 Å². The third kappa shape index (κ3) is 4.21. The number of rotatable bonds is 8. The van der Waals surface area contributed by atoms with Gasteiger partial charge in [-0.1, -0.05) is 48.5 Å². The Morgan fingerprint density at radius 1 is 0.855 bits per heavy atom. The maximum absolute atomic E-state index is 14.0. The molecule has 0 aromatic carbocycles. The van der Waals surface area contributed by atoms with Gasteiger partial charge in [-0.25, -0.2) is 4.79 Å². The summed E-state index contributed by atoms with van der Waals surface area (Å²) in [7, 11) is 1.27. The SMILES string of the molecule is COC(=O)C[C@H]1[C@@]2(C)CC34OC5(C)O[C@]6([C@@H]7CC(=O)O[C@@H](C8=CC(OC(C)=O)OC8=O)[C@]7(C)CC[C@]6(O5)[C@]13C)[C@H](OC(=O)C(C)C)[C@@]4(O)[C@H]2OC(=O)C(C)C. The summed E-state index contributed by atoms with van der Waals surface area (Å²) in [5, 5.41) is 14.0. The fourth-order valence-corrected chi connectivity index (χ4v) is 13.0. The molecule has 8 aliphatic rings. The molecule has 4 bridgehead atoms. The van der Waals surface area contributed by atoms with Crippen LogP contribution in [0.15, 0.2) is 11.6 Å². The topological polar surface area (TPSA) is 206 Å². The Bertz CT molecular complexity index is 1840. The molecule has 4 saturated carbocycles. The van der Waals surface area contributed by atoms with Crippen LogP contribution in [-0.4, -0.2) is 101 Å². The van der Waals surface area contributed by atoms with E-state index in [0.717, 1.165) is 6.92 Å². The highest BCUT2D eigenvalue weighted by Crippen LogP contribution is 2.89. The Hall–Kier alpha value is -3.60. The van der Waals surface area contributed by atoms with Crippen LogP contribution in [0.5, 0.6) is 0 Å². The zero-order chi connectivity index (χ0) is 40.3. The van der Waals surface area contributed by atoms with Crippen LogP contribution in [0.1, 0.15) is 94.4 Å². The third-order valence-electron chi connectivity index (χ3n) is 14.8. The van der Waals surface area contributed by atoms with Crippen molar-refractivity contribution < 1.29 is 76.5 Å². The van der Waals surface area contributed by atoms with Crippen molar-refractivity contribution >= 4 is 35.8 Å². The number of cyclic esters (lactones) is 2. The average molecular weight is 775 g/mol. The van der Waals surface area contributed by atoms with Crippen LogP contribution in [0.25, 0.3) is 0 Å². The lowest BCUT2D eigenvalue weighted by Crippen LogP contribution is -2.94. The summed E-state index contributed by atoms with van der Waals surface area (Å²) < 4.78 is 55.9. The van der Waals surface area contributed by atoms with Crippen molar-refractivity contribution in [3.05, 3.63) is 11.6 Å². The Kier molecular flexibility index (Phi) is 7.85. The van der Waals surface area contributed by atoms with Gasteiger partial charge in [0.15, 0.2) is 11.7 Å². The molecule has 0 radical (unpaired) electrons. The van der Waals surface area contributed by atoms with Gasteiger partial charge in [-0.15, -0.1) is 0 Å². The number of ether oxygens (including phenoxy) is 9. The highest BCUT2D eigenvalue weighted by molar-refractivity contribution is 5.93. The highest BCUT2D eigenvalue weighted by Gasteiger charge is 3.04. The predicted molar refractivity (Wildman–Crippen MR) is 180 cm³/mol. The van der Waals surface area contributed by atoms with E-state index in [1.165, 1.54) is 13.2 Å². The molecule has 14 atom stereocenters. The van der Waals surface area contributed by atoms with E-state index in [1.807, 2.05) is 20.8 Å². The summed E-state index contributed by atoms with van der Waals surface area (Å²) in [5.41, 5.74) is -11.3. The molecule has 16 nitrogen and oxygen atoms in total. The minimum absolute atomic E-state index is 0.0568. The van der Waals surface area contributed by atoms with E-state index in [9.17, 15) is 33.9 Å². The summed E-state index contributed by atoms with van der Waals surface area (Å²) in [4.78, 5) is 80.4. The molecule has 3 unspecified atom stereocenters. The van der Waals surface area contributed by atoms with Gasteiger partial charge in [-0.2, -0.15) is 0 Å². The molecular formula is C39H50O16. The average Bonchev–Trinajstić information content (AvgIpc) is 3.68. The molecule has 0 aromatic rings. The molecule has 0 amide bonds. The predicted octanol–water partition coefficient (Wildman–Crippen LogP) is 2.55. The zero-order valence-electron chi connectivity index (χ0n) is 32.8. The standard InChI is InChI=1S/C39H50O16/c1-17(2)27(43)51-30-33(7)16-37-34(8,21(33)14-23(41)47-10)36-12-11-32(6)22(15-24(42)49-26(32)20-13-25(48-19(5)40)50-29(20)45)39(36,55-35(9,53-36)54-37)31(38(30,37)46)52-28(44)18(3)4/h13,17-18,21-22,25-26,30-31,46H,11-12,14-16H2,1-10H3/t21-,22+,25?,26-,30-,31+,32+,33+,34-,35?,36-,37?,38-,39+/m0/s1. The first kappa shape index (κ1) is 38.3. The Labute approximate surface area is 318 Å². The van der Waals surface area contributed by atoms with Gasteiger partial charge < -0.3 is 47.7 Å². The van der Waals surface area contributed by atoms with Gasteiger partial charge in [0.2, 0.25) is 0 Å². The number of hydrogen-bond donors (Lipinski definition) is 1. The van der Waals surface area contributed by atoms with E-state index in [-0.39, 0.29) is 37.7 Å². The van der Waals surface area contributed by atoms with Crippen LogP contribution >= 0.6 is 0 Å². The molecule has 1 N–H and O–H groups in total. The van der Waals surface area contributed by atoms with Crippen molar-refractivity contribution in [3.63, 3.8) is 0 Å². The fraction of sp³-hybridized carbons (Fsp3) is 0.795. The van der Waals surface area contributed by atoms with E-state index in [1.54, 1.807) is 34.6 Å². The van der Waals surface area contributed by atoms with Gasteiger partial charge in [0.05, 0.1) is 30.9 Å². The zero-order valence-corrected chi connectivity index (χ0v) is 32.8. The van der Waals surface area contributed by atoms with E-state index in [4.69, 9.17) is 42.6 Å². The maximum Gasteiger partial charge on any atom is 0.341 e. The molecule has 302 valence electrons. The normalized spacial score (nSPS) is 49.5. The van der Waals surface area contributed by atoms with E-state index in [0.29, 0.717) is 0 Å². The van der Waals surface area contributed by atoms with Crippen LogP contribution in [0.3, 0.4) is 0 Å². The lowest BCUT2D eigenvalue weighted by atomic mass is 9.33. The Morgan fingerprint density at radius 3 is 2.07 bits per heavy atom. The van der Waals surface area contributed by atoms with Crippen LogP contribution in [0.4, 0.5) is 0 Å². The van der Waals surface area contributed by atoms with Crippen molar-refractivity contribution in [3.8, 4) is 0 Å². The summed E-state index contributed by atoms with van der Waals surface area (Å²) in [5.74, 6) is -9.21. The van der Waals surface area contributed by atoms with Gasteiger partial charge in [0.1, 0.15) is 29.0 Å². The summed E-state index contributed by atoms with van der Waals surface area (Å²) in [6, 6.07) is 0. The molecule has 0 aromatic heterocycles. The number of carbonyl (C=O) groups excluding carboxylic acids is 6.